The molecule has 2 aromatic carbocycles. The molecule has 136 valence electrons. The third-order valence-electron chi connectivity index (χ3n) is 4.48. The molecule has 0 aliphatic carbocycles. The van der Waals surface area contributed by atoms with Crippen LogP contribution in [0.4, 0.5) is 0 Å². The summed E-state index contributed by atoms with van der Waals surface area (Å²) < 4.78 is 10.8. The molecule has 0 saturated carbocycles. The third-order valence-corrected chi connectivity index (χ3v) is 5.31. The minimum Gasteiger partial charge on any atom is -0.469 e. The lowest BCUT2D eigenvalue weighted by molar-refractivity contribution is -0.140. The van der Waals surface area contributed by atoms with Gasteiger partial charge in [0.1, 0.15) is 0 Å². The van der Waals surface area contributed by atoms with E-state index < -0.39 is 9.04 Å². The molecule has 0 atom stereocenters. The number of rotatable bonds is 6. The Hall–Kier alpha value is -1.65. The van der Waals surface area contributed by atoms with Gasteiger partial charge in [0.15, 0.2) is 9.04 Å². The zero-order valence-electron chi connectivity index (χ0n) is 16.3. The molecule has 25 heavy (non-hydrogen) atoms. The van der Waals surface area contributed by atoms with Gasteiger partial charge in [-0.05, 0) is 52.4 Å². The van der Waals surface area contributed by atoms with Crippen molar-refractivity contribution in [2.24, 2.45) is 0 Å². The van der Waals surface area contributed by atoms with E-state index in [0.29, 0.717) is 19.4 Å². The molecule has 0 radical (unpaired) electrons. The van der Waals surface area contributed by atoms with E-state index in [-0.39, 0.29) is 11.4 Å². The number of benzene rings is 2. The zero-order chi connectivity index (χ0) is 18.6. The first-order chi connectivity index (χ1) is 11.7. The van der Waals surface area contributed by atoms with Crippen LogP contribution in [0.5, 0.6) is 0 Å². The normalized spacial score (nSPS) is 12.0. The average molecular weight is 359 g/mol. The molecule has 0 heterocycles. The maximum absolute atomic E-state index is 11.5. The monoisotopic (exact) mass is 358 g/mol. The van der Waals surface area contributed by atoms with Gasteiger partial charge in [-0.1, -0.05) is 51.1 Å². The van der Waals surface area contributed by atoms with Gasteiger partial charge in [-0.2, -0.15) is 0 Å². The van der Waals surface area contributed by atoms with Gasteiger partial charge < -0.3 is 9.16 Å². The molecule has 4 heteroatoms. The number of methoxy groups -OCH3 is 1. The summed E-state index contributed by atoms with van der Waals surface area (Å²) in [6.07, 6.45) is 1.08. The Bertz CT molecular complexity index is 745. The van der Waals surface area contributed by atoms with Crippen LogP contribution in [-0.4, -0.2) is 22.1 Å². The fourth-order valence-electron chi connectivity index (χ4n) is 2.90. The highest BCUT2D eigenvalue weighted by Gasteiger charge is 2.16. The largest absolute Gasteiger partial charge is 0.469 e. The van der Waals surface area contributed by atoms with Crippen LogP contribution in [-0.2, 0) is 32.4 Å². The fourth-order valence-corrected chi connectivity index (χ4v) is 3.40. The number of hydrogen-bond acceptors (Lipinski definition) is 3. The van der Waals surface area contributed by atoms with Crippen molar-refractivity contribution in [1.82, 2.24) is 0 Å². The Kier molecular flexibility index (Phi) is 6.41. The lowest BCUT2D eigenvalue weighted by Gasteiger charge is -2.21. The molecule has 0 N–H and O–H groups in total. The highest BCUT2D eigenvalue weighted by Crippen LogP contribution is 2.30. The fraction of sp³-hybridized carbons (Fsp3) is 0.476. The number of ether oxygens (including phenoxy) is 1. The summed E-state index contributed by atoms with van der Waals surface area (Å²) in [6.45, 7) is 11.7. The first kappa shape index (κ1) is 19.7. The van der Waals surface area contributed by atoms with Gasteiger partial charge in [0, 0.05) is 6.42 Å². The van der Waals surface area contributed by atoms with E-state index in [1.54, 1.807) is 0 Å². The van der Waals surface area contributed by atoms with Gasteiger partial charge in [-0.15, -0.1) is 0 Å². The third kappa shape index (κ3) is 5.16. The first-order valence-electron chi connectivity index (χ1n) is 8.95. The minimum absolute atomic E-state index is 0.124. The number of esters is 1. The lowest BCUT2D eigenvalue weighted by atomic mass is 9.85. The smallest absolute Gasteiger partial charge is 0.305 e. The number of carbonyl (C=O) groups excluding carboxylic acids is 1. The van der Waals surface area contributed by atoms with E-state index >= 15 is 0 Å². The molecule has 0 aliphatic rings. The van der Waals surface area contributed by atoms with Crippen LogP contribution in [0.2, 0.25) is 13.1 Å². The molecule has 0 bridgehead atoms. The average Bonchev–Trinajstić information content (AvgIpc) is 2.56. The van der Waals surface area contributed by atoms with Gasteiger partial charge in [-0.3, -0.25) is 4.79 Å². The summed E-state index contributed by atoms with van der Waals surface area (Å²) >= 11 is 0. The molecular weight excluding hydrogens is 328 g/mol. The lowest BCUT2D eigenvalue weighted by Crippen LogP contribution is -2.12. The Morgan fingerprint density at radius 1 is 1.12 bits per heavy atom. The second-order valence-corrected chi connectivity index (χ2v) is 10.3. The predicted octanol–water partition coefficient (Wildman–Crippen LogP) is 4.74. The molecule has 0 aliphatic heterocycles. The van der Waals surface area contributed by atoms with Crippen LogP contribution in [0, 0.1) is 0 Å². The van der Waals surface area contributed by atoms with Crippen molar-refractivity contribution in [3.05, 3.63) is 47.0 Å². The number of hydrogen-bond donors (Lipinski definition) is 0. The van der Waals surface area contributed by atoms with E-state index in [9.17, 15) is 4.79 Å². The second kappa shape index (κ2) is 8.15. The summed E-state index contributed by atoms with van der Waals surface area (Å²) in [5.74, 6) is -0.173. The van der Waals surface area contributed by atoms with Crippen molar-refractivity contribution in [3.8, 4) is 0 Å². The molecule has 0 saturated heterocycles. The zero-order valence-corrected chi connectivity index (χ0v) is 17.5. The standard InChI is InChI=1S/C21H30O3Si/c1-21(2,3)17-10-11-18-16(13-17)8-7-15(9-12-20(22)23-4)19(18)14-24-25(5)6/h7-8,10-11,13,25H,9,12,14H2,1-6H3. The van der Waals surface area contributed by atoms with Gasteiger partial charge in [0.2, 0.25) is 0 Å². The van der Waals surface area contributed by atoms with E-state index in [1.165, 1.54) is 34.6 Å². The van der Waals surface area contributed by atoms with Gasteiger partial charge in [-0.25, -0.2) is 0 Å². The molecule has 0 amide bonds. The summed E-state index contributed by atoms with van der Waals surface area (Å²) in [4.78, 5) is 11.5. The molecular formula is C21H30O3Si. The maximum atomic E-state index is 11.5. The Balaban J connectivity index is 2.45. The maximum Gasteiger partial charge on any atom is 0.305 e. The predicted molar refractivity (Wildman–Crippen MR) is 107 cm³/mol. The molecule has 0 aromatic heterocycles. The highest BCUT2D eigenvalue weighted by atomic mass is 28.3. The second-order valence-electron chi connectivity index (χ2n) is 7.83. The van der Waals surface area contributed by atoms with Crippen LogP contribution >= 0.6 is 0 Å². The van der Waals surface area contributed by atoms with Crippen molar-refractivity contribution in [2.75, 3.05) is 7.11 Å². The quantitative estimate of drug-likeness (QED) is 0.552. The SMILES string of the molecule is COC(=O)CCc1ccc2cc(C(C)(C)C)ccc2c1CO[SiH](C)C. The first-order valence-corrected chi connectivity index (χ1v) is 11.7. The molecule has 0 spiro atoms. The van der Waals surface area contributed by atoms with Crippen molar-refractivity contribution in [3.63, 3.8) is 0 Å². The summed E-state index contributed by atoms with van der Waals surface area (Å²) in [6, 6.07) is 11.0. The Morgan fingerprint density at radius 2 is 1.84 bits per heavy atom. The number of fused-ring (bicyclic) bond motifs is 1. The molecule has 3 nitrogen and oxygen atoms in total. The number of aryl methyl sites for hydroxylation is 1. The van der Waals surface area contributed by atoms with Crippen LogP contribution < -0.4 is 0 Å². The highest BCUT2D eigenvalue weighted by molar-refractivity contribution is 6.48. The van der Waals surface area contributed by atoms with Crippen LogP contribution in [0.1, 0.15) is 43.9 Å². The van der Waals surface area contributed by atoms with E-state index in [2.05, 4.69) is 64.2 Å². The molecule has 0 fully saturated rings. The molecule has 2 rings (SSSR count). The summed E-state index contributed by atoms with van der Waals surface area (Å²) in [5.41, 5.74) is 3.84. The van der Waals surface area contributed by atoms with Gasteiger partial charge in [0.05, 0.1) is 13.7 Å². The van der Waals surface area contributed by atoms with Gasteiger partial charge >= 0.3 is 5.97 Å². The van der Waals surface area contributed by atoms with E-state index in [0.717, 1.165) is 0 Å². The van der Waals surface area contributed by atoms with Crippen molar-refractivity contribution >= 4 is 25.8 Å². The van der Waals surface area contributed by atoms with Gasteiger partial charge in [0.25, 0.3) is 0 Å². The van der Waals surface area contributed by atoms with Crippen LogP contribution in [0.3, 0.4) is 0 Å². The molecule has 2 aromatic rings. The Labute approximate surface area is 153 Å². The summed E-state index contributed by atoms with van der Waals surface area (Å²) in [5, 5.41) is 2.46. The molecule has 0 unspecified atom stereocenters. The topological polar surface area (TPSA) is 35.5 Å². The summed E-state index contributed by atoms with van der Waals surface area (Å²) in [7, 11) is 0.320. The Morgan fingerprint density at radius 3 is 2.44 bits per heavy atom. The van der Waals surface area contributed by atoms with E-state index in [4.69, 9.17) is 9.16 Å². The number of carbonyl (C=O) groups is 1. The van der Waals surface area contributed by atoms with Crippen molar-refractivity contribution in [2.45, 2.75) is 58.7 Å². The van der Waals surface area contributed by atoms with Crippen molar-refractivity contribution in [1.29, 1.82) is 0 Å². The van der Waals surface area contributed by atoms with Crippen molar-refractivity contribution < 1.29 is 14.0 Å². The van der Waals surface area contributed by atoms with Crippen LogP contribution in [0.15, 0.2) is 30.3 Å². The van der Waals surface area contributed by atoms with Crippen LogP contribution in [0.25, 0.3) is 10.8 Å². The minimum atomic E-state index is -1.12. The van der Waals surface area contributed by atoms with E-state index in [1.807, 2.05) is 0 Å².